The summed E-state index contributed by atoms with van der Waals surface area (Å²) in [6.45, 7) is 4.29. The number of ether oxygens (including phenoxy) is 1. The van der Waals surface area contributed by atoms with Crippen molar-refractivity contribution in [1.82, 2.24) is 0 Å². The number of esters is 1. The van der Waals surface area contributed by atoms with Crippen LogP contribution in [0, 0.1) is 0 Å². The Hall–Kier alpha value is -0.580. The molecule has 0 saturated carbocycles. The zero-order valence-corrected chi connectivity index (χ0v) is 13.3. The Balaban J connectivity index is 2.90. The van der Waals surface area contributed by atoms with Crippen LogP contribution in [-0.4, -0.2) is 17.0 Å². The fourth-order valence-corrected chi connectivity index (χ4v) is 2.57. The summed E-state index contributed by atoms with van der Waals surface area (Å²) >= 11 is 2.37. The van der Waals surface area contributed by atoms with Crippen LogP contribution < -0.4 is 0 Å². The minimum atomic E-state index is -0.511. The van der Waals surface area contributed by atoms with E-state index in [1.165, 1.54) is 0 Å². The van der Waals surface area contributed by atoms with E-state index in [-0.39, 0.29) is 5.97 Å². The molecule has 0 fully saturated rings. The molecule has 0 N–H and O–H groups in total. The van der Waals surface area contributed by atoms with Crippen molar-refractivity contribution < 1.29 is 9.53 Å². The number of halogens is 1. The van der Waals surface area contributed by atoms with Gasteiger partial charge in [-0.2, -0.15) is 0 Å². The number of rotatable bonds is 7. The molecule has 0 aliphatic carbocycles. The normalized spacial score (nSPS) is 13.9. The van der Waals surface area contributed by atoms with Crippen LogP contribution in [0.2, 0.25) is 0 Å². The quantitative estimate of drug-likeness (QED) is 0.317. The van der Waals surface area contributed by atoms with Crippen LogP contribution in [0.5, 0.6) is 0 Å². The van der Waals surface area contributed by atoms with Gasteiger partial charge >= 0.3 is 5.97 Å². The molecule has 1 atom stereocenters. The predicted molar refractivity (Wildman–Crippen MR) is 83.2 cm³/mol. The molecule has 18 heavy (non-hydrogen) atoms. The van der Waals surface area contributed by atoms with Crippen molar-refractivity contribution in [2.24, 2.45) is 0 Å². The van der Waals surface area contributed by atoms with Gasteiger partial charge in [0.1, 0.15) is 0 Å². The van der Waals surface area contributed by atoms with Gasteiger partial charge in [-0.1, -0.05) is 59.3 Å². The Bertz CT molecular complexity index is 364. The lowest BCUT2D eigenvalue weighted by Gasteiger charge is -2.27. The van der Waals surface area contributed by atoms with E-state index in [4.69, 9.17) is 4.74 Å². The molecule has 0 bridgehead atoms. The third kappa shape index (κ3) is 3.97. The average Bonchev–Trinajstić information content (AvgIpc) is 2.40. The fourth-order valence-electron chi connectivity index (χ4n) is 2.03. The minimum absolute atomic E-state index is 0.107. The molecule has 0 radical (unpaired) electrons. The monoisotopic (exact) mass is 360 g/mol. The highest BCUT2D eigenvalue weighted by atomic mass is 127. The average molecular weight is 360 g/mol. The van der Waals surface area contributed by atoms with Crippen molar-refractivity contribution in [3.8, 4) is 0 Å². The standard InChI is InChI=1S/C15H21IO2/c1-3-18-14(17)15(2,11-7-8-12-16)13-9-5-4-6-10-13/h4-6,9-10H,3,7-8,11-12H2,1-2H3. The van der Waals surface area contributed by atoms with Crippen LogP contribution >= 0.6 is 22.6 Å². The van der Waals surface area contributed by atoms with Gasteiger partial charge in [0.15, 0.2) is 0 Å². The summed E-state index contributed by atoms with van der Waals surface area (Å²) in [6, 6.07) is 9.96. The Morgan fingerprint density at radius 3 is 2.50 bits per heavy atom. The lowest BCUT2D eigenvalue weighted by molar-refractivity contribution is -0.149. The number of benzene rings is 1. The summed E-state index contributed by atoms with van der Waals surface area (Å²) in [6.07, 6.45) is 3.04. The fraction of sp³-hybridized carbons (Fsp3) is 0.533. The van der Waals surface area contributed by atoms with E-state index in [0.717, 1.165) is 29.3 Å². The van der Waals surface area contributed by atoms with Crippen molar-refractivity contribution in [3.63, 3.8) is 0 Å². The zero-order chi connectivity index (χ0) is 13.4. The van der Waals surface area contributed by atoms with Crippen LogP contribution in [0.3, 0.4) is 0 Å². The molecule has 0 saturated heterocycles. The van der Waals surface area contributed by atoms with E-state index >= 15 is 0 Å². The first-order valence-corrected chi connectivity index (χ1v) is 7.96. The molecule has 1 rings (SSSR count). The van der Waals surface area contributed by atoms with Gasteiger partial charge in [-0.25, -0.2) is 0 Å². The molecular formula is C15H21IO2. The first kappa shape index (κ1) is 15.5. The second-order valence-electron chi connectivity index (χ2n) is 4.56. The molecule has 0 heterocycles. The van der Waals surface area contributed by atoms with E-state index < -0.39 is 5.41 Å². The topological polar surface area (TPSA) is 26.3 Å². The molecule has 1 aromatic carbocycles. The number of unbranched alkanes of at least 4 members (excludes halogenated alkanes) is 1. The molecule has 0 aliphatic heterocycles. The summed E-state index contributed by atoms with van der Waals surface area (Å²) in [4.78, 5) is 12.2. The Labute approximate surface area is 123 Å². The highest BCUT2D eigenvalue weighted by Crippen LogP contribution is 2.31. The lowest BCUT2D eigenvalue weighted by atomic mass is 9.78. The molecule has 3 heteroatoms. The van der Waals surface area contributed by atoms with Gasteiger partial charge in [0.25, 0.3) is 0 Å². The van der Waals surface area contributed by atoms with Gasteiger partial charge in [-0.05, 0) is 36.7 Å². The summed E-state index contributed by atoms with van der Waals surface area (Å²) in [5.74, 6) is -0.107. The summed E-state index contributed by atoms with van der Waals surface area (Å²) < 4.78 is 6.38. The van der Waals surface area contributed by atoms with Crippen LogP contribution in [0.15, 0.2) is 30.3 Å². The largest absolute Gasteiger partial charge is 0.465 e. The van der Waals surface area contributed by atoms with Gasteiger partial charge in [-0.3, -0.25) is 4.79 Å². The Morgan fingerprint density at radius 1 is 1.28 bits per heavy atom. The molecule has 0 aliphatic rings. The smallest absolute Gasteiger partial charge is 0.316 e. The second-order valence-corrected chi connectivity index (χ2v) is 5.64. The van der Waals surface area contributed by atoms with Gasteiger partial charge < -0.3 is 4.74 Å². The van der Waals surface area contributed by atoms with Gasteiger partial charge in [-0.15, -0.1) is 0 Å². The van der Waals surface area contributed by atoms with Crippen molar-refractivity contribution in [2.75, 3.05) is 11.0 Å². The maximum absolute atomic E-state index is 12.2. The second kappa shape index (κ2) is 7.77. The Kier molecular flexibility index (Phi) is 6.68. The first-order valence-electron chi connectivity index (χ1n) is 6.44. The number of hydrogen-bond donors (Lipinski definition) is 0. The number of hydrogen-bond acceptors (Lipinski definition) is 2. The zero-order valence-electron chi connectivity index (χ0n) is 11.1. The molecule has 1 aromatic rings. The van der Waals surface area contributed by atoms with E-state index in [1.807, 2.05) is 44.2 Å². The van der Waals surface area contributed by atoms with Crippen LogP contribution in [-0.2, 0) is 14.9 Å². The van der Waals surface area contributed by atoms with E-state index in [9.17, 15) is 4.79 Å². The van der Waals surface area contributed by atoms with Crippen molar-refractivity contribution >= 4 is 28.6 Å². The molecule has 0 aromatic heterocycles. The Morgan fingerprint density at radius 2 is 1.94 bits per heavy atom. The highest BCUT2D eigenvalue weighted by Gasteiger charge is 2.35. The molecule has 0 spiro atoms. The third-order valence-electron chi connectivity index (χ3n) is 3.20. The SMILES string of the molecule is CCOC(=O)C(C)(CCCCI)c1ccccc1. The molecule has 1 unspecified atom stereocenters. The maximum Gasteiger partial charge on any atom is 0.316 e. The van der Waals surface area contributed by atoms with Crippen LogP contribution in [0.1, 0.15) is 38.7 Å². The van der Waals surface area contributed by atoms with Crippen LogP contribution in [0.4, 0.5) is 0 Å². The van der Waals surface area contributed by atoms with Crippen molar-refractivity contribution in [1.29, 1.82) is 0 Å². The van der Waals surface area contributed by atoms with Gasteiger partial charge in [0.05, 0.1) is 12.0 Å². The number of carbonyl (C=O) groups excluding carboxylic acids is 1. The first-order chi connectivity index (χ1) is 8.65. The summed E-state index contributed by atoms with van der Waals surface area (Å²) in [5, 5.41) is 0. The lowest BCUT2D eigenvalue weighted by Crippen LogP contribution is -2.34. The number of carbonyl (C=O) groups is 1. The maximum atomic E-state index is 12.2. The summed E-state index contributed by atoms with van der Waals surface area (Å²) in [5.41, 5.74) is 0.542. The highest BCUT2D eigenvalue weighted by molar-refractivity contribution is 14.1. The third-order valence-corrected chi connectivity index (χ3v) is 3.96. The predicted octanol–water partition coefficient (Wildman–Crippen LogP) is 4.11. The van der Waals surface area contributed by atoms with E-state index in [0.29, 0.717) is 6.61 Å². The van der Waals surface area contributed by atoms with Crippen molar-refractivity contribution in [2.45, 2.75) is 38.5 Å². The molecule has 2 nitrogen and oxygen atoms in total. The summed E-state index contributed by atoms with van der Waals surface area (Å²) in [7, 11) is 0. The van der Waals surface area contributed by atoms with E-state index in [2.05, 4.69) is 22.6 Å². The van der Waals surface area contributed by atoms with E-state index in [1.54, 1.807) is 0 Å². The van der Waals surface area contributed by atoms with Crippen molar-refractivity contribution in [3.05, 3.63) is 35.9 Å². The molecule has 100 valence electrons. The molecular weight excluding hydrogens is 339 g/mol. The van der Waals surface area contributed by atoms with Crippen LogP contribution in [0.25, 0.3) is 0 Å². The minimum Gasteiger partial charge on any atom is -0.465 e. The van der Waals surface area contributed by atoms with Gasteiger partial charge in [0, 0.05) is 0 Å². The van der Waals surface area contributed by atoms with Gasteiger partial charge in [0.2, 0.25) is 0 Å². The molecule has 0 amide bonds. The number of alkyl halides is 1.